The fraction of sp³-hybridized carbons (Fsp3) is 0.346. The summed E-state index contributed by atoms with van der Waals surface area (Å²) < 4.78 is 10.9. The summed E-state index contributed by atoms with van der Waals surface area (Å²) in [4.78, 5) is 31.0. The molecule has 0 radical (unpaired) electrons. The van der Waals surface area contributed by atoms with Crippen molar-refractivity contribution in [2.75, 3.05) is 44.5 Å². The number of amides is 1. The zero-order valence-electron chi connectivity index (χ0n) is 20.5. The Morgan fingerprint density at radius 2 is 1.89 bits per heavy atom. The van der Waals surface area contributed by atoms with Gasteiger partial charge in [0.05, 0.1) is 6.61 Å². The fourth-order valence-corrected chi connectivity index (χ4v) is 5.22. The Morgan fingerprint density at radius 3 is 2.73 bits per heavy atom. The van der Waals surface area contributed by atoms with E-state index in [1.807, 2.05) is 37.3 Å². The first-order valence-corrected chi connectivity index (χ1v) is 13.5. The Bertz CT molecular complexity index is 1260. The van der Waals surface area contributed by atoms with E-state index in [1.165, 1.54) is 17.3 Å². The molecule has 1 N–H and O–H groups in total. The molecule has 1 fully saturated rings. The smallest absolute Gasteiger partial charge is 0.274 e. The van der Waals surface area contributed by atoms with Crippen LogP contribution in [-0.2, 0) is 17.1 Å². The number of hydroxylamine groups is 1. The van der Waals surface area contributed by atoms with Gasteiger partial charge in [-0.2, -0.15) is 0 Å². The maximum Gasteiger partial charge on any atom is 0.274 e. The largest absolute Gasteiger partial charge is 0.454 e. The summed E-state index contributed by atoms with van der Waals surface area (Å²) in [5.41, 5.74) is 5.15. The summed E-state index contributed by atoms with van der Waals surface area (Å²) in [5.74, 6) is 2.79. The second-order valence-electron chi connectivity index (χ2n) is 8.64. The predicted molar refractivity (Wildman–Crippen MR) is 142 cm³/mol. The van der Waals surface area contributed by atoms with Crippen LogP contribution < -0.4 is 19.9 Å². The quantitative estimate of drug-likeness (QED) is 0.186. The zero-order valence-corrected chi connectivity index (χ0v) is 22.1. The van der Waals surface area contributed by atoms with Crippen molar-refractivity contribution in [3.05, 3.63) is 70.4 Å². The highest BCUT2D eigenvalue weighted by atomic mass is 35.5. The molecular formula is C26H28ClN5O4S. The summed E-state index contributed by atoms with van der Waals surface area (Å²) in [6.07, 6.45) is 0. The molecule has 3 heterocycles. The van der Waals surface area contributed by atoms with Gasteiger partial charge in [-0.25, -0.2) is 15.4 Å². The minimum atomic E-state index is -0.271. The number of carbonyl (C=O) groups is 1. The normalized spacial score (nSPS) is 15.1. The third-order valence-corrected chi connectivity index (χ3v) is 7.18. The number of carbonyl (C=O) groups excluding carboxylic acids is 1. The molecule has 0 saturated carbocycles. The number of anilines is 1. The molecule has 1 aromatic heterocycles. The van der Waals surface area contributed by atoms with Gasteiger partial charge in [-0.05, 0) is 42.3 Å². The molecule has 3 aromatic rings. The highest BCUT2D eigenvalue weighted by Crippen LogP contribution is 2.33. The molecule has 0 atom stereocenters. The number of aromatic nitrogens is 2. The number of nitrogens with zero attached hydrogens (tertiary/aromatic N) is 4. The SMILES string of the molecule is CCONC(=O)c1cccc(CSc2nc(Cl)cc(N3CCN(Cc4ccc5c(c4)OCO5)CC3)n2)c1. The van der Waals surface area contributed by atoms with E-state index < -0.39 is 0 Å². The standard InChI is InChI=1S/C26H28ClN5O4S/c1-2-36-30-25(33)20-5-3-4-19(12-20)16-37-26-28-23(27)14-24(29-26)32-10-8-31(9-11-32)15-18-6-7-21-22(13-18)35-17-34-21/h3-7,12-14H,2,8-11,15-17H2,1H3,(H,30,33). The van der Waals surface area contributed by atoms with Gasteiger partial charge in [-0.3, -0.25) is 14.5 Å². The molecule has 0 bridgehead atoms. The fourth-order valence-electron chi connectivity index (χ4n) is 4.19. The van der Waals surface area contributed by atoms with Crippen LogP contribution in [0.4, 0.5) is 5.82 Å². The van der Waals surface area contributed by atoms with E-state index >= 15 is 0 Å². The number of benzene rings is 2. The van der Waals surface area contributed by atoms with Crippen molar-refractivity contribution < 1.29 is 19.1 Å². The van der Waals surface area contributed by atoms with E-state index in [0.29, 0.717) is 28.2 Å². The Balaban J connectivity index is 1.16. The second-order valence-corrected chi connectivity index (χ2v) is 9.97. The Morgan fingerprint density at radius 1 is 1.05 bits per heavy atom. The first-order chi connectivity index (χ1) is 18.1. The third-order valence-electron chi connectivity index (χ3n) is 6.07. The minimum Gasteiger partial charge on any atom is -0.454 e. The predicted octanol–water partition coefficient (Wildman–Crippen LogP) is 4.15. The van der Waals surface area contributed by atoms with Crippen LogP contribution in [-0.4, -0.2) is 60.4 Å². The lowest BCUT2D eigenvalue weighted by atomic mass is 10.1. The number of thioether (sulfide) groups is 1. The average molecular weight is 542 g/mol. The van der Waals surface area contributed by atoms with E-state index in [4.69, 9.17) is 30.9 Å². The van der Waals surface area contributed by atoms with Gasteiger partial charge in [0.15, 0.2) is 16.7 Å². The van der Waals surface area contributed by atoms with Crippen LogP contribution in [0.2, 0.25) is 5.15 Å². The van der Waals surface area contributed by atoms with Crippen LogP contribution in [0.3, 0.4) is 0 Å². The second kappa shape index (κ2) is 12.0. The highest BCUT2D eigenvalue weighted by molar-refractivity contribution is 7.98. The van der Waals surface area contributed by atoms with Gasteiger partial charge in [0.1, 0.15) is 11.0 Å². The monoisotopic (exact) mass is 541 g/mol. The van der Waals surface area contributed by atoms with Gasteiger partial charge in [0.2, 0.25) is 6.79 Å². The number of hydrogen-bond acceptors (Lipinski definition) is 9. The summed E-state index contributed by atoms with van der Waals surface area (Å²) in [6.45, 7) is 6.88. The molecule has 0 aliphatic carbocycles. The van der Waals surface area contributed by atoms with Crippen molar-refractivity contribution >= 4 is 35.1 Å². The van der Waals surface area contributed by atoms with Gasteiger partial charge in [-0.15, -0.1) is 0 Å². The lowest BCUT2D eigenvalue weighted by Crippen LogP contribution is -2.46. The van der Waals surface area contributed by atoms with Gasteiger partial charge in [0.25, 0.3) is 5.91 Å². The van der Waals surface area contributed by atoms with Crippen LogP contribution in [0.5, 0.6) is 11.5 Å². The van der Waals surface area contributed by atoms with E-state index in [1.54, 1.807) is 6.07 Å². The number of rotatable bonds is 9. The van der Waals surface area contributed by atoms with Crippen molar-refractivity contribution in [2.45, 2.75) is 24.4 Å². The minimum absolute atomic E-state index is 0.271. The number of piperazine rings is 1. The van der Waals surface area contributed by atoms with Crippen molar-refractivity contribution in [3.8, 4) is 11.5 Å². The van der Waals surface area contributed by atoms with Crippen molar-refractivity contribution in [1.29, 1.82) is 0 Å². The maximum absolute atomic E-state index is 12.2. The summed E-state index contributed by atoms with van der Waals surface area (Å²) in [7, 11) is 0. The van der Waals surface area contributed by atoms with Gasteiger partial charge in [-0.1, -0.05) is 41.6 Å². The first kappa shape index (κ1) is 25.6. The average Bonchev–Trinajstić information content (AvgIpc) is 3.39. The Hall–Kier alpha value is -3.05. The van der Waals surface area contributed by atoms with Crippen LogP contribution >= 0.6 is 23.4 Å². The topological polar surface area (TPSA) is 89.1 Å². The maximum atomic E-state index is 12.2. The first-order valence-electron chi connectivity index (χ1n) is 12.1. The summed E-state index contributed by atoms with van der Waals surface area (Å²) in [5, 5.41) is 1.02. The number of halogens is 1. The number of hydrogen-bond donors (Lipinski definition) is 1. The molecule has 2 aromatic carbocycles. The molecular weight excluding hydrogens is 514 g/mol. The third kappa shape index (κ3) is 6.64. The van der Waals surface area contributed by atoms with Gasteiger partial charge >= 0.3 is 0 Å². The van der Waals surface area contributed by atoms with Crippen LogP contribution in [0.25, 0.3) is 0 Å². The lowest BCUT2D eigenvalue weighted by molar-refractivity contribution is 0.0364. The summed E-state index contributed by atoms with van der Waals surface area (Å²) in [6, 6.07) is 15.4. The molecule has 1 saturated heterocycles. The molecule has 0 unspecified atom stereocenters. The van der Waals surface area contributed by atoms with Crippen molar-refractivity contribution in [3.63, 3.8) is 0 Å². The van der Waals surface area contributed by atoms with E-state index in [9.17, 15) is 4.79 Å². The van der Waals surface area contributed by atoms with E-state index in [0.717, 1.165) is 55.6 Å². The van der Waals surface area contributed by atoms with Crippen molar-refractivity contribution in [2.24, 2.45) is 0 Å². The molecule has 0 spiro atoms. The number of fused-ring (bicyclic) bond motifs is 1. The van der Waals surface area contributed by atoms with Crippen LogP contribution in [0.15, 0.2) is 53.7 Å². The molecule has 11 heteroatoms. The van der Waals surface area contributed by atoms with Gasteiger partial charge in [0, 0.05) is 50.1 Å². The van der Waals surface area contributed by atoms with Crippen LogP contribution in [0, 0.1) is 0 Å². The molecule has 194 valence electrons. The van der Waals surface area contributed by atoms with Crippen molar-refractivity contribution in [1.82, 2.24) is 20.3 Å². The molecule has 1 amide bonds. The molecule has 2 aliphatic rings. The van der Waals surface area contributed by atoms with E-state index in [2.05, 4.69) is 32.4 Å². The summed E-state index contributed by atoms with van der Waals surface area (Å²) >= 11 is 7.85. The molecule has 2 aliphatic heterocycles. The zero-order chi connectivity index (χ0) is 25.6. The van der Waals surface area contributed by atoms with Gasteiger partial charge < -0.3 is 14.4 Å². The lowest BCUT2D eigenvalue weighted by Gasteiger charge is -2.35. The molecule has 37 heavy (non-hydrogen) atoms. The van der Waals surface area contributed by atoms with Crippen LogP contribution in [0.1, 0.15) is 28.4 Å². The molecule has 9 nitrogen and oxygen atoms in total. The number of nitrogens with one attached hydrogen (secondary N) is 1. The van der Waals surface area contributed by atoms with E-state index in [-0.39, 0.29) is 12.7 Å². The Labute approximate surface area is 225 Å². The number of ether oxygens (including phenoxy) is 2. The highest BCUT2D eigenvalue weighted by Gasteiger charge is 2.21. The Kier molecular flexibility index (Phi) is 8.30. The molecule has 5 rings (SSSR count).